The molecule has 9 heteroatoms. The fourth-order valence-electron chi connectivity index (χ4n) is 5.49. The van der Waals surface area contributed by atoms with Gasteiger partial charge in [0, 0.05) is 11.1 Å². The van der Waals surface area contributed by atoms with E-state index in [2.05, 4.69) is 118 Å². The molecule has 0 aromatic heterocycles. The fourth-order valence-corrected chi connectivity index (χ4v) is 19.2. The minimum Gasteiger partial charge on any atom is -0.455 e. The molecule has 0 fully saturated rings. The van der Waals surface area contributed by atoms with Crippen molar-refractivity contribution in [2.24, 2.45) is 10.8 Å². The quantitative estimate of drug-likeness (QED) is 0.399. The van der Waals surface area contributed by atoms with Gasteiger partial charge in [-0.25, -0.2) is 0 Å². The van der Waals surface area contributed by atoms with Crippen molar-refractivity contribution in [1.82, 2.24) is 8.46 Å². The highest BCUT2D eigenvalue weighted by atomic mass is 28.4. The van der Waals surface area contributed by atoms with Crippen LogP contribution in [0.5, 0.6) is 0 Å². The highest BCUT2D eigenvalue weighted by molar-refractivity contribution is 6.88. The van der Waals surface area contributed by atoms with Gasteiger partial charge in [0.25, 0.3) is 0 Å². The molecule has 0 aromatic rings. The third kappa shape index (κ3) is 4.96. The van der Waals surface area contributed by atoms with Crippen molar-refractivity contribution in [2.75, 3.05) is 0 Å². The van der Waals surface area contributed by atoms with Crippen LogP contribution < -0.4 is 0 Å². The van der Waals surface area contributed by atoms with E-state index >= 15 is 0 Å². The van der Waals surface area contributed by atoms with Crippen molar-refractivity contribution < 1.29 is 4.12 Å². The Labute approximate surface area is 211 Å². The van der Waals surface area contributed by atoms with Crippen LogP contribution in [0, 0.1) is 10.8 Å². The third-order valence-corrected chi connectivity index (χ3v) is 25.9. The summed E-state index contributed by atoms with van der Waals surface area (Å²) in [6.07, 6.45) is 0. The standard InChI is InChI=1S/C22H60N2OSi6/c1-17(2,19(5,6)23(26)27)21(9,10)31(16,25-30(13,14)15)22(11,12)18(3,4)20(7,8)24(28)29/h1-16,26-29H3. The molecule has 0 aliphatic rings. The van der Waals surface area contributed by atoms with Crippen LogP contribution in [0.3, 0.4) is 0 Å². The molecule has 0 heterocycles. The molecule has 0 aromatic carbocycles. The summed E-state index contributed by atoms with van der Waals surface area (Å²) in [4.78, 5) is 0. The van der Waals surface area contributed by atoms with Gasteiger partial charge in [-0.1, -0.05) is 55.4 Å². The van der Waals surface area contributed by atoms with Crippen molar-refractivity contribution in [2.45, 2.75) is 130 Å². The van der Waals surface area contributed by atoms with Gasteiger partial charge in [-0.3, -0.25) is 0 Å². The minimum atomic E-state index is -2.35. The number of hydrogen-bond donors (Lipinski definition) is 0. The molecule has 0 aliphatic heterocycles. The maximum Gasteiger partial charge on any atom is 0.189 e. The van der Waals surface area contributed by atoms with Crippen LogP contribution in [0.2, 0.25) is 36.3 Å². The van der Waals surface area contributed by atoms with Gasteiger partial charge in [-0.05, 0) is 74.8 Å². The van der Waals surface area contributed by atoms with Crippen LogP contribution in [-0.4, -0.2) is 77.8 Å². The molecule has 0 radical (unpaired) electrons. The van der Waals surface area contributed by atoms with Crippen LogP contribution in [0.4, 0.5) is 0 Å². The van der Waals surface area contributed by atoms with E-state index in [9.17, 15) is 0 Å². The second kappa shape index (κ2) is 9.00. The number of nitrogens with zero attached hydrogens (tertiary/aromatic N) is 2. The Bertz CT molecular complexity index is 590. The maximum absolute atomic E-state index is 7.56. The molecule has 188 valence electrons. The first-order valence-electron chi connectivity index (χ1n) is 12.1. The van der Waals surface area contributed by atoms with E-state index in [4.69, 9.17) is 4.12 Å². The second-order valence-corrected chi connectivity index (χ2v) is 33.2. The molecule has 0 atom stereocenters. The van der Waals surface area contributed by atoms with Crippen LogP contribution in [-0.2, 0) is 4.12 Å². The Morgan fingerprint density at radius 3 is 0.903 bits per heavy atom. The van der Waals surface area contributed by atoms with Crippen LogP contribution in [0.15, 0.2) is 0 Å². The van der Waals surface area contributed by atoms with E-state index in [1.807, 2.05) is 0 Å². The lowest BCUT2D eigenvalue weighted by molar-refractivity contribution is 0.0423. The molecule has 0 unspecified atom stereocenters. The summed E-state index contributed by atoms with van der Waals surface area (Å²) in [5.74, 6) is 0. The van der Waals surface area contributed by atoms with Gasteiger partial charge in [0.05, 0.1) is 41.6 Å². The smallest absolute Gasteiger partial charge is 0.189 e. The van der Waals surface area contributed by atoms with E-state index < -0.39 is 16.6 Å². The molecule has 0 saturated carbocycles. The lowest BCUT2D eigenvalue weighted by Crippen LogP contribution is -2.71. The van der Waals surface area contributed by atoms with Crippen LogP contribution in [0.1, 0.15) is 83.1 Å². The summed E-state index contributed by atoms with van der Waals surface area (Å²) < 4.78 is 12.9. The topological polar surface area (TPSA) is 15.7 Å². The Hall–Kier alpha value is 1.18. The SMILES string of the molecule is CC(C)(N([SiH3])[SiH3])C(C)(C)C(C)(C)[Si](C)(O[Si](C)(C)C)C(C)(C)C(C)(C)C(C)(C)N([SiH3])[SiH3]. The second-order valence-electron chi connectivity index (χ2n) is 14.7. The highest BCUT2D eigenvalue weighted by Gasteiger charge is 2.69. The number of rotatable bonds is 10. The summed E-state index contributed by atoms with van der Waals surface area (Å²) >= 11 is 0. The molecule has 0 saturated heterocycles. The molecule has 0 bridgehead atoms. The largest absolute Gasteiger partial charge is 0.455 e. The van der Waals surface area contributed by atoms with Crippen molar-refractivity contribution >= 4 is 58.3 Å². The van der Waals surface area contributed by atoms with Crippen LogP contribution in [0.25, 0.3) is 0 Å². The first-order valence-corrected chi connectivity index (χ1v) is 21.5. The molecule has 0 spiro atoms. The van der Waals surface area contributed by atoms with Gasteiger partial charge in [0.1, 0.15) is 0 Å². The Balaban J connectivity index is 7.27. The van der Waals surface area contributed by atoms with Gasteiger partial charge in [-0.2, -0.15) is 0 Å². The lowest BCUT2D eigenvalue weighted by Gasteiger charge is -2.69. The molecule has 31 heavy (non-hydrogen) atoms. The zero-order valence-electron chi connectivity index (χ0n) is 25.3. The average molecular weight is 537 g/mol. The molecule has 0 amide bonds. The molecule has 3 nitrogen and oxygen atoms in total. The van der Waals surface area contributed by atoms with E-state index in [1.165, 1.54) is 0 Å². The Morgan fingerprint density at radius 2 is 0.742 bits per heavy atom. The minimum absolute atomic E-state index is 0.0782. The molecule has 0 rings (SSSR count). The molecular weight excluding hydrogens is 477 g/mol. The summed E-state index contributed by atoms with van der Waals surface area (Å²) in [7, 11) is 0.365. The van der Waals surface area contributed by atoms with E-state index in [0.29, 0.717) is 0 Å². The lowest BCUT2D eigenvalue weighted by atomic mass is 9.66. The Morgan fingerprint density at radius 1 is 0.516 bits per heavy atom. The zero-order chi connectivity index (χ0) is 25.9. The maximum atomic E-state index is 7.56. The van der Waals surface area contributed by atoms with Gasteiger partial charge < -0.3 is 12.6 Å². The molecular formula is C22H60N2OSi6. The summed E-state index contributed by atoms with van der Waals surface area (Å²) in [5.41, 5.74) is 0.540. The highest BCUT2D eigenvalue weighted by Crippen LogP contribution is 2.70. The van der Waals surface area contributed by atoms with Crippen molar-refractivity contribution in [3.05, 3.63) is 0 Å². The van der Waals surface area contributed by atoms with Crippen molar-refractivity contribution in [1.29, 1.82) is 0 Å². The summed E-state index contributed by atoms with van der Waals surface area (Å²) in [5, 5.41) is 0.156. The average Bonchev–Trinajstić information content (AvgIpc) is 2.51. The van der Waals surface area contributed by atoms with E-state index in [-0.39, 0.29) is 32.0 Å². The summed E-state index contributed by atoms with van der Waals surface area (Å²) in [6, 6.07) is 0. The first-order chi connectivity index (χ1) is 13.1. The Kier molecular flexibility index (Phi) is 9.34. The summed E-state index contributed by atoms with van der Waals surface area (Å²) in [6.45, 7) is 40.2. The van der Waals surface area contributed by atoms with Gasteiger partial charge in [0.15, 0.2) is 16.6 Å². The molecule has 0 N–H and O–H groups in total. The van der Waals surface area contributed by atoms with Crippen LogP contribution >= 0.6 is 0 Å². The van der Waals surface area contributed by atoms with Crippen molar-refractivity contribution in [3.8, 4) is 0 Å². The monoisotopic (exact) mass is 536 g/mol. The van der Waals surface area contributed by atoms with Gasteiger partial charge in [0.2, 0.25) is 0 Å². The molecule has 0 aliphatic carbocycles. The third-order valence-electron chi connectivity index (χ3n) is 11.3. The van der Waals surface area contributed by atoms with Gasteiger partial charge in [-0.15, -0.1) is 0 Å². The zero-order valence-corrected chi connectivity index (χ0v) is 35.3. The van der Waals surface area contributed by atoms with E-state index in [1.54, 1.807) is 0 Å². The first kappa shape index (κ1) is 32.2. The van der Waals surface area contributed by atoms with E-state index in [0.717, 1.165) is 41.6 Å². The number of hydrogen-bond acceptors (Lipinski definition) is 3. The van der Waals surface area contributed by atoms with Crippen molar-refractivity contribution in [3.63, 3.8) is 0 Å². The predicted octanol–water partition coefficient (Wildman–Crippen LogP) is 2.31. The van der Waals surface area contributed by atoms with Gasteiger partial charge >= 0.3 is 0 Å². The fraction of sp³-hybridized carbons (Fsp3) is 1.00. The predicted molar refractivity (Wildman–Crippen MR) is 163 cm³/mol. The normalized spacial score (nSPS) is 18.4.